The van der Waals surface area contributed by atoms with Gasteiger partial charge in [-0.1, -0.05) is 69.5 Å². The molecule has 3 aromatic rings. The Morgan fingerprint density at radius 1 is 0.929 bits per heavy atom. The lowest BCUT2D eigenvalue weighted by atomic mass is 9.93. The molecule has 0 aliphatic carbocycles. The Bertz CT molecular complexity index is 1060. The number of aryl methyl sites for hydroxylation is 1. The van der Waals surface area contributed by atoms with Gasteiger partial charge < -0.3 is 5.11 Å². The summed E-state index contributed by atoms with van der Waals surface area (Å²) in [7, 11) is 0. The van der Waals surface area contributed by atoms with Crippen LogP contribution < -0.4 is 4.90 Å². The molecule has 140 valence electrons. The molecule has 0 unspecified atom stereocenters. The molecule has 1 amide bonds. The lowest BCUT2D eigenvalue weighted by Gasteiger charge is -2.27. The highest BCUT2D eigenvalue weighted by Crippen LogP contribution is 2.45. The monoisotopic (exact) mass is 453 g/mol. The fraction of sp³-hybridized carbons (Fsp3) is 0.0870. The van der Waals surface area contributed by atoms with Crippen molar-refractivity contribution in [3.05, 3.63) is 105 Å². The number of benzene rings is 3. The van der Waals surface area contributed by atoms with Gasteiger partial charge in [-0.3, -0.25) is 9.69 Å². The second-order valence-electron chi connectivity index (χ2n) is 6.73. The molecule has 1 N–H and O–H groups in total. The molecule has 0 saturated carbocycles. The number of amides is 1. The molecule has 1 heterocycles. The summed E-state index contributed by atoms with van der Waals surface area (Å²) in [6.45, 7) is 2.00. The molecule has 0 fully saturated rings. The van der Waals surface area contributed by atoms with Crippen molar-refractivity contribution in [1.29, 1.82) is 0 Å². The summed E-state index contributed by atoms with van der Waals surface area (Å²) in [5.41, 5.74) is 4.12. The standard InChI is InChI=1S/C23H17BrClNO2/c1-14-2-4-15(5-3-14)20-21(16-6-8-17(24)9-7-16)26(23(28)22(20)27)19-12-10-18(25)11-13-19/h2-13,21,27H,1H3/t21-/m1/s1. The molecule has 1 atom stereocenters. The first-order valence-corrected chi connectivity index (χ1v) is 9.97. The van der Waals surface area contributed by atoms with Gasteiger partial charge in [0.1, 0.15) is 0 Å². The third kappa shape index (κ3) is 3.34. The van der Waals surface area contributed by atoms with E-state index in [0.717, 1.165) is 21.2 Å². The first-order chi connectivity index (χ1) is 13.5. The molecular weight excluding hydrogens is 438 g/mol. The predicted octanol–water partition coefficient (Wildman–Crippen LogP) is 6.47. The van der Waals surface area contributed by atoms with Crippen LogP contribution in [0.15, 0.2) is 83.0 Å². The van der Waals surface area contributed by atoms with Crippen molar-refractivity contribution in [2.45, 2.75) is 13.0 Å². The Hall–Kier alpha value is -2.56. The van der Waals surface area contributed by atoms with E-state index in [2.05, 4.69) is 15.9 Å². The van der Waals surface area contributed by atoms with Crippen LogP contribution in [-0.4, -0.2) is 11.0 Å². The summed E-state index contributed by atoms with van der Waals surface area (Å²) < 4.78 is 0.948. The van der Waals surface area contributed by atoms with E-state index in [4.69, 9.17) is 11.6 Å². The molecule has 5 heteroatoms. The maximum absolute atomic E-state index is 13.1. The third-order valence-corrected chi connectivity index (χ3v) is 5.64. The Morgan fingerprint density at radius 3 is 2.14 bits per heavy atom. The SMILES string of the molecule is Cc1ccc(C2=C(O)C(=O)N(c3ccc(Cl)cc3)[C@@H]2c2ccc(Br)cc2)cc1. The second kappa shape index (κ2) is 7.46. The Kier molecular flexibility index (Phi) is 5.00. The average molecular weight is 455 g/mol. The zero-order valence-electron chi connectivity index (χ0n) is 15.1. The van der Waals surface area contributed by atoms with Crippen molar-refractivity contribution < 1.29 is 9.90 Å². The zero-order chi connectivity index (χ0) is 19.8. The van der Waals surface area contributed by atoms with E-state index >= 15 is 0 Å². The minimum Gasteiger partial charge on any atom is -0.503 e. The van der Waals surface area contributed by atoms with Crippen molar-refractivity contribution in [2.24, 2.45) is 0 Å². The van der Waals surface area contributed by atoms with Crippen molar-refractivity contribution in [2.75, 3.05) is 4.90 Å². The Labute approximate surface area is 177 Å². The summed E-state index contributed by atoms with van der Waals surface area (Å²) in [6.07, 6.45) is 0. The smallest absolute Gasteiger partial charge is 0.294 e. The molecule has 3 nitrogen and oxygen atoms in total. The van der Waals surface area contributed by atoms with Crippen LogP contribution in [-0.2, 0) is 4.79 Å². The lowest BCUT2D eigenvalue weighted by molar-refractivity contribution is -0.117. The van der Waals surface area contributed by atoms with Crippen LogP contribution >= 0.6 is 27.5 Å². The normalized spacial score (nSPS) is 16.8. The van der Waals surface area contributed by atoms with Crippen LogP contribution in [0.5, 0.6) is 0 Å². The van der Waals surface area contributed by atoms with Gasteiger partial charge in [-0.25, -0.2) is 0 Å². The minimum absolute atomic E-state index is 0.230. The number of aliphatic hydroxyl groups excluding tert-OH is 1. The van der Waals surface area contributed by atoms with E-state index in [1.54, 1.807) is 29.2 Å². The maximum Gasteiger partial charge on any atom is 0.294 e. The van der Waals surface area contributed by atoms with Gasteiger partial charge in [0.15, 0.2) is 5.76 Å². The van der Waals surface area contributed by atoms with Gasteiger partial charge >= 0.3 is 0 Å². The highest BCUT2D eigenvalue weighted by molar-refractivity contribution is 9.10. The predicted molar refractivity (Wildman–Crippen MR) is 117 cm³/mol. The molecule has 0 saturated heterocycles. The van der Waals surface area contributed by atoms with Crippen LogP contribution in [0.2, 0.25) is 5.02 Å². The summed E-state index contributed by atoms with van der Waals surface area (Å²) in [5, 5.41) is 11.4. The number of halogens is 2. The van der Waals surface area contributed by atoms with Gasteiger partial charge in [0.2, 0.25) is 0 Å². The van der Waals surface area contributed by atoms with Crippen LogP contribution in [0, 0.1) is 6.92 Å². The number of hydrogen-bond donors (Lipinski definition) is 1. The van der Waals surface area contributed by atoms with E-state index < -0.39 is 11.9 Å². The number of hydrogen-bond acceptors (Lipinski definition) is 2. The summed E-state index contributed by atoms with van der Waals surface area (Å²) in [6, 6.07) is 22.2. The molecule has 4 rings (SSSR count). The van der Waals surface area contributed by atoms with Crippen molar-refractivity contribution in [3.63, 3.8) is 0 Å². The highest BCUT2D eigenvalue weighted by Gasteiger charge is 2.41. The molecule has 0 bridgehead atoms. The topological polar surface area (TPSA) is 40.5 Å². The van der Waals surface area contributed by atoms with Crippen LogP contribution in [0.4, 0.5) is 5.69 Å². The summed E-state index contributed by atoms with van der Waals surface area (Å²) in [4.78, 5) is 14.7. The first kappa shape index (κ1) is 18.8. The number of carbonyl (C=O) groups is 1. The van der Waals surface area contributed by atoms with Crippen LogP contribution in [0.3, 0.4) is 0 Å². The molecule has 3 aromatic carbocycles. The minimum atomic E-state index is -0.440. The Morgan fingerprint density at radius 2 is 1.54 bits per heavy atom. The molecule has 0 radical (unpaired) electrons. The van der Waals surface area contributed by atoms with E-state index in [1.165, 1.54) is 0 Å². The fourth-order valence-electron chi connectivity index (χ4n) is 3.46. The van der Waals surface area contributed by atoms with E-state index in [0.29, 0.717) is 16.3 Å². The van der Waals surface area contributed by atoms with Gasteiger partial charge in [-0.2, -0.15) is 0 Å². The fourth-order valence-corrected chi connectivity index (χ4v) is 3.85. The quantitative estimate of drug-likeness (QED) is 0.493. The third-order valence-electron chi connectivity index (χ3n) is 4.86. The summed E-state index contributed by atoms with van der Waals surface area (Å²) >= 11 is 9.48. The number of carbonyl (C=O) groups excluding carboxylic acids is 1. The number of nitrogens with zero attached hydrogens (tertiary/aromatic N) is 1. The van der Waals surface area contributed by atoms with Crippen LogP contribution in [0.25, 0.3) is 5.57 Å². The van der Waals surface area contributed by atoms with Gasteiger partial charge in [0, 0.05) is 20.8 Å². The molecule has 0 spiro atoms. The number of aliphatic hydroxyl groups is 1. The zero-order valence-corrected chi connectivity index (χ0v) is 17.4. The second-order valence-corrected chi connectivity index (χ2v) is 8.09. The highest BCUT2D eigenvalue weighted by atomic mass is 79.9. The molecule has 1 aliphatic rings. The van der Waals surface area contributed by atoms with Gasteiger partial charge in [0.25, 0.3) is 5.91 Å². The van der Waals surface area contributed by atoms with Gasteiger partial charge in [-0.05, 0) is 54.4 Å². The largest absolute Gasteiger partial charge is 0.503 e. The lowest BCUT2D eigenvalue weighted by Crippen LogP contribution is -2.30. The average Bonchev–Trinajstić information content (AvgIpc) is 2.95. The molecule has 0 aromatic heterocycles. The van der Waals surface area contributed by atoms with Gasteiger partial charge in [-0.15, -0.1) is 0 Å². The van der Waals surface area contributed by atoms with E-state index in [-0.39, 0.29) is 5.76 Å². The molecule has 1 aliphatic heterocycles. The molecular formula is C23H17BrClNO2. The summed E-state index contributed by atoms with van der Waals surface area (Å²) in [5.74, 6) is -0.655. The van der Waals surface area contributed by atoms with Crippen molar-refractivity contribution >= 4 is 44.7 Å². The van der Waals surface area contributed by atoms with E-state index in [1.807, 2.05) is 55.5 Å². The Balaban J connectivity index is 1.90. The number of rotatable bonds is 3. The first-order valence-electron chi connectivity index (χ1n) is 8.80. The number of anilines is 1. The van der Waals surface area contributed by atoms with Crippen LogP contribution in [0.1, 0.15) is 22.7 Å². The van der Waals surface area contributed by atoms with Gasteiger partial charge in [0.05, 0.1) is 6.04 Å². The van der Waals surface area contributed by atoms with Crippen molar-refractivity contribution in [1.82, 2.24) is 0 Å². The molecule has 28 heavy (non-hydrogen) atoms. The van der Waals surface area contributed by atoms with Crippen molar-refractivity contribution in [3.8, 4) is 0 Å². The van der Waals surface area contributed by atoms with E-state index in [9.17, 15) is 9.90 Å². The maximum atomic E-state index is 13.1.